The van der Waals surface area contributed by atoms with E-state index in [2.05, 4.69) is 11.7 Å². The monoisotopic (exact) mass is 241 g/mol. The molecule has 0 bridgehead atoms. The zero-order chi connectivity index (χ0) is 13.1. The highest BCUT2D eigenvalue weighted by Crippen LogP contribution is 2.12. The molecule has 0 N–H and O–H groups in total. The van der Waals surface area contributed by atoms with E-state index in [0.717, 1.165) is 12.8 Å². The molecule has 1 unspecified atom stereocenters. The molecule has 0 spiro atoms. The largest absolute Gasteiger partial charge is 0.550 e. The molecule has 0 radical (unpaired) electrons. The summed E-state index contributed by atoms with van der Waals surface area (Å²) >= 11 is 0. The number of hydrogen-bond donors (Lipinski definition) is 0. The molecule has 98 valence electrons. The van der Waals surface area contributed by atoms with Crippen molar-refractivity contribution in [2.45, 2.75) is 45.4 Å². The van der Waals surface area contributed by atoms with Gasteiger partial charge in [0.25, 0.3) is 0 Å². The van der Waals surface area contributed by atoms with Crippen LogP contribution in [-0.2, 0) is 14.3 Å². The van der Waals surface area contributed by atoms with Gasteiger partial charge in [0, 0.05) is 12.4 Å². The first-order chi connectivity index (χ1) is 8.11. The number of esters is 1. The maximum atomic E-state index is 11.3. The van der Waals surface area contributed by atoms with Gasteiger partial charge in [0.05, 0.1) is 13.0 Å². The van der Waals surface area contributed by atoms with Crippen LogP contribution in [0.15, 0.2) is 12.2 Å². The summed E-state index contributed by atoms with van der Waals surface area (Å²) in [5.41, 5.74) is 0. The zero-order valence-electron chi connectivity index (χ0n) is 10.6. The third kappa shape index (κ3) is 8.48. The van der Waals surface area contributed by atoms with E-state index in [0.29, 0.717) is 6.42 Å². The topological polar surface area (TPSA) is 66.4 Å². The smallest absolute Gasteiger partial charge is 0.309 e. The second-order valence-corrected chi connectivity index (χ2v) is 4.00. The highest BCUT2D eigenvalue weighted by Gasteiger charge is 2.17. The van der Waals surface area contributed by atoms with Crippen LogP contribution in [0.2, 0.25) is 0 Å². The standard InChI is InChI=1S/C13H22O4/c1-3-4-5-6-7-8-9-11(10-12(14)15)13(16)17-2/h7-8,11H,3-6,9-10H2,1-2H3,(H,14,15)/p-1/b8-7+. The van der Waals surface area contributed by atoms with E-state index in [9.17, 15) is 14.7 Å². The first kappa shape index (κ1) is 15.7. The Morgan fingerprint density at radius 1 is 1.29 bits per heavy atom. The number of carbonyl (C=O) groups is 2. The molecular formula is C13H21O4-. The van der Waals surface area contributed by atoms with Crippen molar-refractivity contribution in [2.24, 2.45) is 5.92 Å². The molecule has 0 aliphatic carbocycles. The molecule has 0 saturated heterocycles. The number of carboxylic acid groups (broad SMARTS) is 1. The Morgan fingerprint density at radius 3 is 2.53 bits per heavy atom. The number of methoxy groups -OCH3 is 1. The summed E-state index contributed by atoms with van der Waals surface area (Å²) in [4.78, 5) is 21.7. The van der Waals surface area contributed by atoms with Crippen LogP contribution in [0.5, 0.6) is 0 Å². The van der Waals surface area contributed by atoms with E-state index in [-0.39, 0.29) is 6.42 Å². The van der Waals surface area contributed by atoms with E-state index in [1.165, 1.54) is 20.0 Å². The molecule has 0 fully saturated rings. The Hall–Kier alpha value is -1.32. The van der Waals surface area contributed by atoms with Gasteiger partial charge in [0.2, 0.25) is 0 Å². The number of carboxylic acids is 1. The van der Waals surface area contributed by atoms with Gasteiger partial charge in [-0.1, -0.05) is 31.9 Å². The molecule has 1 atom stereocenters. The summed E-state index contributed by atoms with van der Waals surface area (Å²) in [6, 6.07) is 0. The van der Waals surface area contributed by atoms with Crippen molar-refractivity contribution in [2.75, 3.05) is 7.11 Å². The third-order valence-corrected chi connectivity index (χ3v) is 2.51. The lowest BCUT2D eigenvalue weighted by molar-refractivity contribution is -0.306. The fraction of sp³-hybridized carbons (Fsp3) is 0.692. The summed E-state index contributed by atoms with van der Waals surface area (Å²) < 4.78 is 4.54. The zero-order valence-corrected chi connectivity index (χ0v) is 10.6. The van der Waals surface area contributed by atoms with Gasteiger partial charge in [-0.25, -0.2) is 0 Å². The molecule has 0 rings (SSSR count). The van der Waals surface area contributed by atoms with Crippen molar-refractivity contribution in [3.05, 3.63) is 12.2 Å². The predicted molar refractivity (Wildman–Crippen MR) is 63.0 cm³/mol. The van der Waals surface area contributed by atoms with Gasteiger partial charge in [-0.2, -0.15) is 0 Å². The van der Waals surface area contributed by atoms with E-state index < -0.39 is 17.9 Å². The molecule has 4 nitrogen and oxygen atoms in total. The fourth-order valence-electron chi connectivity index (χ4n) is 1.52. The van der Waals surface area contributed by atoms with Crippen LogP contribution >= 0.6 is 0 Å². The minimum atomic E-state index is -1.22. The van der Waals surface area contributed by atoms with Crippen LogP contribution in [0.4, 0.5) is 0 Å². The highest BCUT2D eigenvalue weighted by molar-refractivity contribution is 5.78. The summed E-state index contributed by atoms with van der Waals surface area (Å²) in [6.45, 7) is 2.14. The number of rotatable bonds is 9. The van der Waals surface area contributed by atoms with Crippen LogP contribution in [0.25, 0.3) is 0 Å². The Bertz CT molecular complexity index is 258. The molecule has 0 amide bonds. The molecule has 0 aliphatic heterocycles. The minimum absolute atomic E-state index is 0.286. The van der Waals surface area contributed by atoms with E-state index in [1.807, 2.05) is 12.2 Å². The second-order valence-electron chi connectivity index (χ2n) is 4.00. The summed E-state index contributed by atoms with van der Waals surface area (Å²) in [5.74, 6) is -2.35. The summed E-state index contributed by atoms with van der Waals surface area (Å²) in [5, 5.41) is 10.5. The van der Waals surface area contributed by atoms with E-state index in [1.54, 1.807) is 0 Å². The fourth-order valence-corrected chi connectivity index (χ4v) is 1.52. The lowest BCUT2D eigenvalue weighted by Crippen LogP contribution is -2.28. The predicted octanol–water partition coefficient (Wildman–Crippen LogP) is 1.44. The van der Waals surface area contributed by atoms with Crippen molar-refractivity contribution in [3.63, 3.8) is 0 Å². The van der Waals surface area contributed by atoms with Crippen LogP contribution in [0.1, 0.15) is 45.4 Å². The van der Waals surface area contributed by atoms with Crippen LogP contribution < -0.4 is 5.11 Å². The molecule has 0 aromatic rings. The van der Waals surface area contributed by atoms with Gasteiger partial charge in [-0.3, -0.25) is 4.79 Å². The number of carbonyl (C=O) groups excluding carboxylic acids is 2. The maximum Gasteiger partial charge on any atom is 0.309 e. The Labute approximate surface area is 103 Å². The number of ether oxygens (including phenoxy) is 1. The van der Waals surface area contributed by atoms with E-state index in [4.69, 9.17) is 0 Å². The Balaban J connectivity index is 3.98. The normalized spacial score (nSPS) is 12.6. The van der Waals surface area contributed by atoms with Crippen molar-refractivity contribution in [1.82, 2.24) is 0 Å². The number of allylic oxidation sites excluding steroid dienone is 2. The van der Waals surface area contributed by atoms with Crippen molar-refractivity contribution in [3.8, 4) is 0 Å². The number of unbranched alkanes of at least 4 members (excludes halogenated alkanes) is 3. The van der Waals surface area contributed by atoms with Crippen molar-refractivity contribution >= 4 is 11.9 Å². The molecule has 0 aromatic carbocycles. The molecule has 17 heavy (non-hydrogen) atoms. The maximum absolute atomic E-state index is 11.3. The molecular weight excluding hydrogens is 220 g/mol. The Kier molecular flexibility index (Phi) is 9.11. The number of hydrogen-bond acceptors (Lipinski definition) is 4. The summed E-state index contributed by atoms with van der Waals surface area (Å²) in [7, 11) is 1.26. The SMILES string of the molecule is CCCCC/C=C/CC(CC(=O)[O-])C(=O)OC. The van der Waals surface area contributed by atoms with Gasteiger partial charge in [-0.05, 0) is 19.3 Å². The van der Waals surface area contributed by atoms with Crippen LogP contribution in [0.3, 0.4) is 0 Å². The average Bonchev–Trinajstić information content (AvgIpc) is 2.30. The second kappa shape index (κ2) is 9.87. The molecule has 0 aliphatic rings. The molecule has 0 saturated carbocycles. The number of aliphatic carboxylic acids is 1. The van der Waals surface area contributed by atoms with Gasteiger partial charge >= 0.3 is 5.97 Å². The van der Waals surface area contributed by atoms with Crippen LogP contribution in [-0.4, -0.2) is 19.0 Å². The first-order valence-corrected chi connectivity index (χ1v) is 6.04. The highest BCUT2D eigenvalue weighted by atomic mass is 16.5. The minimum Gasteiger partial charge on any atom is -0.550 e. The van der Waals surface area contributed by atoms with E-state index >= 15 is 0 Å². The molecule has 4 heteroatoms. The third-order valence-electron chi connectivity index (χ3n) is 2.51. The quantitative estimate of drug-likeness (QED) is 0.348. The average molecular weight is 241 g/mol. The van der Waals surface area contributed by atoms with Gasteiger partial charge in [0.15, 0.2) is 0 Å². The molecule has 0 aromatic heterocycles. The molecule has 0 heterocycles. The van der Waals surface area contributed by atoms with Gasteiger partial charge < -0.3 is 14.6 Å². The van der Waals surface area contributed by atoms with Crippen LogP contribution in [0, 0.1) is 5.92 Å². The van der Waals surface area contributed by atoms with Gasteiger partial charge in [0.1, 0.15) is 0 Å². The first-order valence-electron chi connectivity index (χ1n) is 6.04. The summed E-state index contributed by atoms with van der Waals surface area (Å²) in [6.07, 6.45) is 8.39. The van der Waals surface area contributed by atoms with Crippen molar-refractivity contribution < 1.29 is 19.4 Å². The Morgan fingerprint density at radius 2 is 2.00 bits per heavy atom. The van der Waals surface area contributed by atoms with Gasteiger partial charge in [-0.15, -0.1) is 0 Å². The van der Waals surface area contributed by atoms with Crippen molar-refractivity contribution in [1.29, 1.82) is 0 Å². The lowest BCUT2D eigenvalue weighted by atomic mass is 10.0. The lowest BCUT2D eigenvalue weighted by Gasteiger charge is -2.12.